The van der Waals surface area contributed by atoms with Crippen LogP contribution in [0, 0.1) is 13.8 Å². The standard InChI is InChI=1S/C22H24N2O5/c1-14-7-8-19(11-15(14)2)24-21(27)13-29-22(28)10-9-20(26)23-18-6-4-5-17(12-18)16(3)25/h4-8,11-12H,9-10,13H2,1-3H3,(H,23,26)(H,24,27). The van der Waals surface area contributed by atoms with E-state index >= 15 is 0 Å². The molecule has 0 aliphatic heterocycles. The number of Topliss-reactive ketones (excluding diaryl/α,β-unsaturated/α-hetero) is 1. The summed E-state index contributed by atoms with van der Waals surface area (Å²) >= 11 is 0. The highest BCUT2D eigenvalue weighted by Crippen LogP contribution is 2.14. The summed E-state index contributed by atoms with van der Waals surface area (Å²) in [5.74, 6) is -1.59. The number of anilines is 2. The first-order valence-corrected chi connectivity index (χ1v) is 9.18. The van der Waals surface area contributed by atoms with Gasteiger partial charge in [0.25, 0.3) is 5.91 Å². The zero-order chi connectivity index (χ0) is 21.4. The molecule has 0 saturated heterocycles. The van der Waals surface area contributed by atoms with E-state index in [1.165, 1.54) is 6.92 Å². The third-order valence-electron chi connectivity index (χ3n) is 4.26. The molecule has 0 unspecified atom stereocenters. The van der Waals surface area contributed by atoms with Crippen LogP contribution in [0.15, 0.2) is 42.5 Å². The lowest BCUT2D eigenvalue weighted by atomic mass is 10.1. The van der Waals surface area contributed by atoms with Crippen molar-refractivity contribution in [3.8, 4) is 0 Å². The third kappa shape index (κ3) is 7.21. The van der Waals surface area contributed by atoms with Crippen LogP contribution in [0.2, 0.25) is 0 Å². The fourth-order valence-corrected chi connectivity index (χ4v) is 2.49. The Balaban J connectivity index is 1.72. The van der Waals surface area contributed by atoms with Crippen LogP contribution in [-0.4, -0.2) is 30.2 Å². The van der Waals surface area contributed by atoms with Crippen molar-refractivity contribution in [2.75, 3.05) is 17.2 Å². The second-order valence-electron chi connectivity index (χ2n) is 6.69. The van der Waals surface area contributed by atoms with E-state index in [1.54, 1.807) is 30.3 Å². The molecule has 2 aromatic rings. The second-order valence-corrected chi connectivity index (χ2v) is 6.69. The van der Waals surface area contributed by atoms with Crippen molar-refractivity contribution in [2.45, 2.75) is 33.6 Å². The second kappa shape index (κ2) is 10.2. The van der Waals surface area contributed by atoms with Gasteiger partial charge in [0, 0.05) is 23.4 Å². The fourth-order valence-electron chi connectivity index (χ4n) is 2.49. The maximum absolute atomic E-state index is 12.0. The first-order valence-electron chi connectivity index (χ1n) is 9.18. The van der Waals surface area contributed by atoms with E-state index in [1.807, 2.05) is 26.0 Å². The first kappa shape index (κ1) is 21.8. The molecule has 7 nitrogen and oxygen atoms in total. The van der Waals surface area contributed by atoms with Gasteiger partial charge >= 0.3 is 5.97 Å². The van der Waals surface area contributed by atoms with E-state index in [0.717, 1.165) is 11.1 Å². The minimum absolute atomic E-state index is 0.0953. The van der Waals surface area contributed by atoms with E-state index in [0.29, 0.717) is 16.9 Å². The molecule has 2 aromatic carbocycles. The average Bonchev–Trinajstić information content (AvgIpc) is 2.68. The van der Waals surface area contributed by atoms with Crippen molar-refractivity contribution < 1.29 is 23.9 Å². The number of esters is 1. The molecule has 0 atom stereocenters. The molecule has 29 heavy (non-hydrogen) atoms. The molecule has 7 heteroatoms. The van der Waals surface area contributed by atoms with Crippen LogP contribution in [-0.2, 0) is 19.1 Å². The monoisotopic (exact) mass is 396 g/mol. The summed E-state index contributed by atoms with van der Waals surface area (Å²) in [6.45, 7) is 4.92. The molecule has 0 fully saturated rings. The summed E-state index contributed by atoms with van der Waals surface area (Å²) in [6.07, 6.45) is -0.253. The smallest absolute Gasteiger partial charge is 0.306 e. The summed E-state index contributed by atoms with van der Waals surface area (Å²) in [4.78, 5) is 47.0. The number of nitrogens with one attached hydrogen (secondary N) is 2. The van der Waals surface area contributed by atoms with Crippen molar-refractivity contribution >= 4 is 34.9 Å². The highest BCUT2D eigenvalue weighted by atomic mass is 16.5. The van der Waals surface area contributed by atoms with E-state index in [2.05, 4.69) is 10.6 Å². The molecule has 2 amide bonds. The Morgan fingerprint density at radius 2 is 1.52 bits per heavy atom. The molecule has 2 N–H and O–H groups in total. The van der Waals surface area contributed by atoms with E-state index in [9.17, 15) is 19.2 Å². The van der Waals surface area contributed by atoms with Crippen molar-refractivity contribution in [1.29, 1.82) is 0 Å². The van der Waals surface area contributed by atoms with Crippen LogP contribution in [0.4, 0.5) is 11.4 Å². The van der Waals surface area contributed by atoms with E-state index in [-0.39, 0.29) is 24.5 Å². The van der Waals surface area contributed by atoms with Gasteiger partial charge in [0.15, 0.2) is 12.4 Å². The van der Waals surface area contributed by atoms with Gasteiger partial charge in [-0.25, -0.2) is 0 Å². The van der Waals surface area contributed by atoms with Crippen LogP contribution in [0.5, 0.6) is 0 Å². The van der Waals surface area contributed by atoms with Crippen molar-refractivity contribution in [1.82, 2.24) is 0 Å². The molecule has 0 aliphatic carbocycles. The molecule has 0 aromatic heterocycles. The van der Waals surface area contributed by atoms with Crippen LogP contribution in [0.25, 0.3) is 0 Å². The molecular weight excluding hydrogens is 372 g/mol. The minimum atomic E-state index is -0.645. The predicted molar refractivity (Wildman–Crippen MR) is 110 cm³/mol. The van der Waals surface area contributed by atoms with Crippen LogP contribution in [0.1, 0.15) is 41.3 Å². The predicted octanol–water partition coefficient (Wildman–Crippen LogP) is 3.41. The van der Waals surface area contributed by atoms with Gasteiger partial charge in [-0.05, 0) is 56.2 Å². The van der Waals surface area contributed by atoms with Gasteiger partial charge in [0.2, 0.25) is 5.91 Å². The number of ether oxygens (including phenoxy) is 1. The fraction of sp³-hybridized carbons (Fsp3) is 0.273. The molecule has 0 heterocycles. The topological polar surface area (TPSA) is 102 Å². The lowest BCUT2D eigenvalue weighted by molar-refractivity contribution is -0.147. The average molecular weight is 396 g/mol. The lowest BCUT2D eigenvalue weighted by Crippen LogP contribution is -2.21. The zero-order valence-electron chi connectivity index (χ0n) is 16.7. The van der Waals surface area contributed by atoms with Gasteiger partial charge in [-0.15, -0.1) is 0 Å². The van der Waals surface area contributed by atoms with Crippen molar-refractivity contribution in [3.63, 3.8) is 0 Å². The molecule has 2 rings (SSSR count). The largest absolute Gasteiger partial charge is 0.456 e. The van der Waals surface area contributed by atoms with Gasteiger partial charge in [0.1, 0.15) is 0 Å². The van der Waals surface area contributed by atoms with E-state index < -0.39 is 18.5 Å². The minimum Gasteiger partial charge on any atom is -0.456 e. The number of carbonyl (C=O) groups is 4. The quantitative estimate of drug-likeness (QED) is 0.526. The normalized spacial score (nSPS) is 10.2. The molecule has 0 bridgehead atoms. The summed E-state index contributed by atoms with van der Waals surface area (Å²) in [7, 11) is 0. The zero-order valence-corrected chi connectivity index (χ0v) is 16.7. The maximum Gasteiger partial charge on any atom is 0.306 e. The van der Waals surface area contributed by atoms with Gasteiger partial charge in [0.05, 0.1) is 6.42 Å². The Morgan fingerprint density at radius 1 is 0.828 bits per heavy atom. The Kier molecular flexibility index (Phi) is 7.65. The van der Waals surface area contributed by atoms with Crippen LogP contribution in [0.3, 0.4) is 0 Å². The number of amides is 2. The van der Waals surface area contributed by atoms with E-state index in [4.69, 9.17) is 4.74 Å². The van der Waals surface area contributed by atoms with Gasteiger partial charge < -0.3 is 15.4 Å². The Morgan fingerprint density at radius 3 is 2.21 bits per heavy atom. The highest BCUT2D eigenvalue weighted by Gasteiger charge is 2.12. The summed E-state index contributed by atoms with van der Waals surface area (Å²) < 4.78 is 4.91. The number of ketones is 1. The summed E-state index contributed by atoms with van der Waals surface area (Å²) in [5, 5.41) is 5.28. The number of benzene rings is 2. The SMILES string of the molecule is CC(=O)c1cccc(NC(=O)CCC(=O)OCC(=O)Nc2ccc(C)c(C)c2)c1. The first-order chi connectivity index (χ1) is 13.7. The van der Waals surface area contributed by atoms with Gasteiger partial charge in [-0.2, -0.15) is 0 Å². The number of rotatable bonds is 8. The van der Waals surface area contributed by atoms with Crippen LogP contribution >= 0.6 is 0 Å². The molecule has 0 radical (unpaired) electrons. The van der Waals surface area contributed by atoms with Crippen molar-refractivity contribution in [2.24, 2.45) is 0 Å². The molecule has 152 valence electrons. The lowest BCUT2D eigenvalue weighted by Gasteiger charge is -2.09. The summed E-state index contributed by atoms with van der Waals surface area (Å²) in [6, 6.07) is 12.0. The molecular formula is C22H24N2O5. The number of hydrogen-bond donors (Lipinski definition) is 2. The van der Waals surface area contributed by atoms with Crippen LogP contribution < -0.4 is 10.6 Å². The highest BCUT2D eigenvalue weighted by molar-refractivity contribution is 5.97. The van der Waals surface area contributed by atoms with Gasteiger partial charge in [-0.3, -0.25) is 19.2 Å². The Labute approximate surface area is 169 Å². The number of hydrogen-bond acceptors (Lipinski definition) is 5. The Hall–Kier alpha value is -3.48. The Bertz CT molecular complexity index is 937. The molecule has 0 saturated carbocycles. The number of carbonyl (C=O) groups excluding carboxylic acids is 4. The molecule has 0 aliphatic rings. The summed E-state index contributed by atoms with van der Waals surface area (Å²) in [5.41, 5.74) is 3.74. The third-order valence-corrected chi connectivity index (χ3v) is 4.26. The molecule has 0 spiro atoms. The maximum atomic E-state index is 12.0. The van der Waals surface area contributed by atoms with Gasteiger partial charge in [-0.1, -0.05) is 18.2 Å². The number of aryl methyl sites for hydroxylation is 2. The van der Waals surface area contributed by atoms with Crippen molar-refractivity contribution in [3.05, 3.63) is 59.2 Å².